The van der Waals surface area contributed by atoms with E-state index in [9.17, 15) is 9.90 Å². The van der Waals surface area contributed by atoms with Gasteiger partial charge in [0.15, 0.2) is 5.76 Å². The topological polar surface area (TPSA) is 49.8 Å². The summed E-state index contributed by atoms with van der Waals surface area (Å²) in [5.74, 6) is 1.89. The molecule has 0 radical (unpaired) electrons. The van der Waals surface area contributed by atoms with E-state index in [0.29, 0.717) is 41.0 Å². The van der Waals surface area contributed by atoms with Gasteiger partial charge in [-0.25, -0.2) is 0 Å². The van der Waals surface area contributed by atoms with Crippen molar-refractivity contribution in [1.82, 2.24) is 4.90 Å². The molecule has 0 fully saturated rings. The Bertz CT molecular complexity index is 962. The van der Waals surface area contributed by atoms with Crippen LogP contribution in [0.15, 0.2) is 36.1 Å². The lowest BCUT2D eigenvalue weighted by molar-refractivity contribution is 0.101. The van der Waals surface area contributed by atoms with Crippen LogP contribution in [0.3, 0.4) is 0 Å². The van der Waals surface area contributed by atoms with Crippen LogP contribution >= 0.6 is 0 Å². The summed E-state index contributed by atoms with van der Waals surface area (Å²) >= 11 is 0. The second kappa shape index (κ2) is 9.05. The summed E-state index contributed by atoms with van der Waals surface area (Å²) in [5.41, 5.74) is 4.05. The number of rotatable bonds is 7. The first kappa shape index (κ1) is 22.1. The molecule has 4 heteroatoms. The lowest BCUT2D eigenvalue weighted by atomic mass is 9.98. The Morgan fingerprint density at radius 3 is 2.33 bits per heavy atom. The zero-order chi connectivity index (χ0) is 22.0. The molecule has 0 aromatic heterocycles. The molecule has 0 unspecified atom stereocenters. The van der Waals surface area contributed by atoms with Crippen molar-refractivity contribution < 1.29 is 14.6 Å². The number of Topliss-reactive ketones (excluding diaryl/α,β-unsaturated/α-hetero) is 1. The third-order valence-corrected chi connectivity index (χ3v) is 5.19. The summed E-state index contributed by atoms with van der Waals surface area (Å²) in [4.78, 5) is 15.5. The number of phenols is 1. The van der Waals surface area contributed by atoms with Gasteiger partial charge in [-0.05, 0) is 49.0 Å². The number of benzene rings is 2. The van der Waals surface area contributed by atoms with Crippen LogP contribution in [-0.4, -0.2) is 28.9 Å². The minimum Gasteiger partial charge on any atom is -0.507 e. The van der Waals surface area contributed by atoms with E-state index in [1.54, 1.807) is 12.1 Å². The van der Waals surface area contributed by atoms with Gasteiger partial charge in [0, 0.05) is 19.6 Å². The molecule has 2 aromatic rings. The van der Waals surface area contributed by atoms with E-state index in [2.05, 4.69) is 32.6 Å². The number of aryl methyl sites for hydroxylation is 2. The number of ether oxygens (including phenoxy) is 1. The van der Waals surface area contributed by atoms with E-state index < -0.39 is 0 Å². The molecule has 0 spiro atoms. The van der Waals surface area contributed by atoms with Crippen LogP contribution in [0.1, 0.15) is 60.3 Å². The Kier molecular flexibility index (Phi) is 6.67. The van der Waals surface area contributed by atoms with E-state index in [4.69, 9.17) is 4.74 Å². The Balaban J connectivity index is 1.99. The van der Waals surface area contributed by atoms with Gasteiger partial charge < -0.3 is 9.84 Å². The number of aromatic hydroxyl groups is 1. The molecule has 0 saturated heterocycles. The fraction of sp³-hybridized carbons (Fsp3) is 0.423. The van der Waals surface area contributed by atoms with Gasteiger partial charge in [0.25, 0.3) is 0 Å². The molecule has 160 valence electrons. The molecule has 1 heterocycles. The van der Waals surface area contributed by atoms with Crippen molar-refractivity contribution in [3.8, 4) is 11.5 Å². The second-order valence-corrected chi connectivity index (χ2v) is 9.23. The summed E-state index contributed by atoms with van der Waals surface area (Å²) in [6, 6.07) is 9.65. The van der Waals surface area contributed by atoms with Gasteiger partial charge in [-0.2, -0.15) is 0 Å². The first-order valence-electron chi connectivity index (χ1n) is 10.7. The first-order valence-corrected chi connectivity index (χ1v) is 10.7. The maximum atomic E-state index is 13.1. The zero-order valence-corrected chi connectivity index (χ0v) is 19.0. The van der Waals surface area contributed by atoms with Crippen molar-refractivity contribution in [3.05, 3.63) is 63.9 Å². The lowest BCUT2D eigenvalue weighted by Crippen LogP contribution is -2.31. The maximum Gasteiger partial charge on any atom is 0.232 e. The van der Waals surface area contributed by atoms with Crippen LogP contribution in [0.4, 0.5) is 0 Å². The molecular weight excluding hydrogens is 374 g/mol. The van der Waals surface area contributed by atoms with Gasteiger partial charge in [0.05, 0.1) is 11.1 Å². The molecule has 0 atom stereocenters. The van der Waals surface area contributed by atoms with Gasteiger partial charge in [-0.1, -0.05) is 57.5 Å². The van der Waals surface area contributed by atoms with E-state index in [0.717, 1.165) is 29.8 Å². The molecule has 1 N–H and O–H groups in total. The highest BCUT2D eigenvalue weighted by Crippen LogP contribution is 2.42. The quantitative estimate of drug-likeness (QED) is 0.595. The zero-order valence-electron chi connectivity index (χ0n) is 19.0. The van der Waals surface area contributed by atoms with E-state index in [-0.39, 0.29) is 11.5 Å². The summed E-state index contributed by atoms with van der Waals surface area (Å²) in [7, 11) is 0. The molecule has 2 aromatic carbocycles. The molecule has 30 heavy (non-hydrogen) atoms. The average molecular weight is 408 g/mol. The Labute approximate surface area is 180 Å². The molecule has 0 saturated carbocycles. The van der Waals surface area contributed by atoms with Crippen LogP contribution in [0.25, 0.3) is 6.08 Å². The number of ketones is 1. The SMILES string of the molecule is Cc1cccc(/C=C2/Oc3c(CN(CC(C)C)CC(C)C)c(O)cc(C)c3C2=O)c1. The maximum absolute atomic E-state index is 13.1. The number of phenolic OH excluding ortho intramolecular Hbond substituents is 1. The van der Waals surface area contributed by atoms with E-state index in [1.807, 2.05) is 38.1 Å². The van der Waals surface area contributed by atoms with Crippen LogP contribution in [0.5, 0.6) is 11.5 Å². The van der Waals surface area contributed by atoms with Crippen LogP contribution in [-0.2, 0) is 6.54 Å². The van der Waals surface area contributed by atoms with Crippen LogP contribution in [0, 0.1) is 25.7 Å². The molecular formula is C26H33NO3. The predicted octanol–water partition coefficient (Wildman–Crippen LogP) is 5.74. The summed E-state index contributed by atoms with van der Waals surface area (Å²) < 4.78 is 6.09. The van der Waals surface area contributed by atoms with Crippen LogP contribution in [0.2, 0.25) is 0 Å². The first-order chi connectivity index (χ1) is 14.2. The van der Waals surface area contributed by atoms with Gasteiger partial charge in [-0.15, -0.1) is 0 Å². The Morgan fingerprint density at radius 2 is 1.73 bits per heavy atom. The minimum absolute atomic E-state index is 0.121. The fourth-order valence-corrected chi connectivity index (χ4v) is 4.10. The van der Waals surface area contributed by atoms with Crippen molar-refractivity contribution in [2.45, 2.75) is 48.1 Å². The molecule has 1 aliphatic heterocycles. The lowest BCUT2D eigenvalue weighted by Gasteiger charge is -2.27. The van der Waals surface area contributed by atoms with Gasteiger partial charge >= 0.3 is 0 Å². The molecule has 1 aliphatic rings. The summed E-state index contributed by atoms with van der Waals surface area (Å²) in [6.07, 6.45) is 1.79. The molecule has 0 aliphatic carbocycles. The molecule has 0 amide bonds. The Hall–Kier alpha value is -2.59. The van der Waals surface area contributed by atoms with Gasteiger partial charge in [0.2, 0.25) is 5.78 Å². The third-order valence-electron chi connectivity index (χ3n) is 5.19. The number of carbonyl (C=O) groups excluding carboxylic acids is 1. The molecule has 3 rings (SSSR count). The number of allylic oxidation sites excluding steroid dienone is 1. The number of fused-ring (bicyclic) bond motifs is 1. The number of carbonyl (C=O) groups is 1. The predicted molar refractivity (Wildman–Crippen MR) is 122 cm³/mol. The number of hydrogen-bond donors (Lipinski definition) is 1. The highest BCUT2D eigenvalue weighted by atomic mass is 16.5. The Morgan fingerprint density at radius 1 is 1.07 bits per heavy atom. The van der Waals surface area contributed by atoms with E-state index >= 15 is 0 Å². The third kappa shape index (κ3) is 4.93. The fourth-order valence-electron chi connectivity index (χ4n) is 4.10. The van der Waals surface area contributed by atoms with Crippen LogP contribution < -0.4 is 4.74 Å². The van der Waals surface area contributed by atoms with E-state index in [1.165, 1.54) is 0 Å². The monoisotopic (exact) mass is 407 g/mol. The van der Waals surface area contributed by atoms with Crippen molar-refractivity contribution in [2.24, 2.45) is 11.8 Å². The normalized spacial score (nSPS) is 14.8. The van der Waals surface area contributed by atoms with Crippen molar-refractivity contribution >= 4 is 11.9 Å². The molecule has 4 nitrogen and oxygen atoms in total. The van der Waals surface area contributed by atoms with Crippen molar-refractivity contribution in [2.75, 3.05) is 13.1 Å². The molecule has 0 bridgehead atoms. The van der Waals surface area contributed by atoms with Crippen molar-refractivity contribution in [1.29, 1.82) is 0 Å². The minimum atomic E-state index is -0.121. The highest BCUT2D eigenvalue weighted by Gasteiger charge is 2.33. The second-order valence-electron chi connectivity index (χ2n) is 9.23. The number of hydrogen-bond acceptors (Lipinski definition) is 4. The summed E-state index contributed by atoms with van der Waals surface area (Å²) in [6.45, 7) is 15.0. The average Bonchev–Trinajstić information content (AvgIpc) is 2.94. The van der Waals surface area contributed by atoms with Gasteiger partial charge in [-0.3, -0.25) is 9.69 Å². The van der Waals surface area contributed by atoms with Crippen molar-refractivity contribution in [3.63, 3.8) is 0 Å². The standard InChI is InChI=1S/C26H33NO3/c1-16(2)13-27(14-17(3)4)15-21-22(28)11-19(6)24-25(29)23(30-26(21)24)12-20-9-7-8-18(5)10-20/h7-12,16-17,28H,13-15H2,1-6H3/b23-12+. The highest BCUT2D eigenvalue weighted by molar-refractivity contribution is 6.15. The van der Waals surface area contributed by atoms with Gasteiger partial charge in [0.1, 0.15) is 11.5 Å². The smallest absolute Gasteiger partial charge is 0.232 e. The largest absolute Gasteiger partial charge is 0.507 e. The number of nitrogens with zero attached hydrogens (tertiary/aromatic N) is 1. The summed E-state index contributed by atoms with van der Waals surface area (Å²) in [5, 5.41) is 10.7.